The van der Waals surface area contributed by atoms with Gasteiger partial charge in [-0.25, -0.2) is 9.67 Å². The minimum Gasteiger partial charge on any atom is -0.323 e. The van der Waals surface area contributed by atoms with Crippen LogP contribution in [-0.4, -0.2) is 20.5 Å². The minimum atomic E-state index is 0.806. The number of benzene rings is 1. The van der Waals surface area contributed by atoms with Crippen molar-refractivity contribution in [1.29, 1.82) is 0 Å². The van der Waals surface area contributed by atoms with Crippen LogP contribution >= 0.6 is 0 Å². The molecule has 0 saturated carbocycles. The Kier molecular flexibility index (Phi) is 2.45. The molecule has 0 aliphatic rings. The Bertz CT molecular complexity index is 455. The van der Waals surface area contributed by atoms with Crippen molar-refractivity contribution < 1.29 is 0 Å². The van der Waals surface area contributed by atoms with Gasteiger partial charge in [-0.15, -0.1) is 0 Å². The van der Waals surface area contributed by atoms with Crippen molar-refractivity contribution in [3.05, 3.63) is 42.5 Å². The Morgan fingerprint density at radius 2 is 2.07 bits per heavy atom. The molecule has 0 fully saturated rings. The molecule has 2 N–H and O–H groups in total. The standard InChI is InChI=1S/C10H11N5/c1-8(14-11)9-2-4-10(5-3-9)15-7-12-6-13-15/h2-7H,11H2,1H3/b14-8-. The molecular weight excluding hydrogens is 190 g/mol. The second-order valence-corrected chi connectivity index (χ2v) is 3.10. The van der Waals surface area contributed by atoms with Gasteiger partial charge in [-0.1, -0.05) is 12.1 Å². The summed E-state index contributed by atoms with van der Waals surface area (Å²) in [7, 11) is 0. The second kappa shape index (κ2) is 3.91. The Balaban J connectivity index is 2.33. The van der Waals surface area contributed by atoms with Crippen LogP contribution in [0.15, 0.2) is 42.0 Å². The van der Waals surface area contributed by atoms with Crippen LogP contribution in [0.25, 0.3) is 5.69 Å². The summed E-state index contributed by atoms with van der Waals surface area (Å²) in [6, 6.07) is 7.78. The van der Waals surface area contributed by atoms with Crippen LogP contribution in [0.3, 0.4) is 0 Å². The first-order valence-electron chi connectivity index (χ1n) is 4.51. The van der Waals surface area contributed by atoms with E-state index in [0.717, 1.165) is 17.0 Å². The number of hydrazone groups is 1. The smallest absolute Gasteiger partial charge is 0.138 e. The molecule has 0 aliphatic carbocycles. The van der Waals surface area contributed by atoms with Gasteiger partial charge in [-0.3, -0.25) is 0 Å². The van der Waals surface area contributed by atoms with E-state index in [2.05, 4.69) is 15.2 Å². The van der Waals surface area contributed by atoms with E-state index in [1.807, 2.05) is 31.2 Å². The number of hydrogen-bond donors (Lipinski definition) is 1. The Hall–Kier alpha value is -2.17. The maximum absolute atomic E-state index is 5.20. The lowest BCUT2D eigenvalue weighted by atomic mass is 10.1. The number of nitrogens with two attached hydrogens (primary N) is 1. The van der Waals surface area contributed by atoms with Gasteiger partial charge in [0, 0.05) is 0 Å². The molecule has 0 radical (unpaired) electrons. The van der Waals surface area contributed by atoms with Gasteiger partial charge in [0.2, 0.25) is 0 Å². The van der Waals surface area contributed by atoms with Gasteiger partial charge in [-0.2, -0.15) is 10.2 Å². The molecule has 5 nitrogen and oxygen atoms in total. The highest BCUT2D eigenvalue weighted by Crippen LogP contribution is 2.08. The van der Waals surface area contributed by atoms with Crippen LogP contribution in [0.5, 0.6) is 0 Å². The van der Waals surface area contributed by atoms with Crippen LogP contribution < -0.4 is 5.84 Å². The van der Waals surface area contributed by atoms with Crippen molar-refractivity contribution >= 4 is 5.71 Å². The zero-order valence-corrected chi connectivity index (χ0v) is 8.33. The Morgan fingerprint density at radius 1 is 1.33 bits per heavy atom. The van der Waals surface area contributed by atoms with Crippen LogP contribution in [-0.2, 0) is 0 Å². The highest BCUT2D eigenvalue weighted by molar-refractivity contribution is 5.98. The van der Waals surface area contributed by atoms with E-state index in [-0.39, 0.29) is 0 Å². The molecule has 0 unspecified atom stereocenters. The van der Waals surface area contributed by atoms with E-state index < -0.39 is 0 Å². The first kappa shape index (κ1) is 9.39. The summed E-state index contributed by atoms with van der Waals surface area (Å²) in [5, 5.41) is 7.66. The van der Waals surface area contributed by atoms with E-state index in [1.165, 1.54) is 6.33 Å². The summed E-state index contributed by atoms with van der Waals surface area (Å²) in [6.45, 7) is 1.87. The lowest BCUT2D eigenvalue weighted by Crippen LogP contribution is -2.00. The summed E-state index contributed by atoms with van der Waals surface area (Å²) >= 11 is 0. The molecule has 0 amide bonds. The molecule has 76 valence electrons. The average molecular weight is 201 g/mol. The van der Waals surface area contributed by atoms with Crippen molar-refractivity contribution in [3.8, 4) is 5.69 Å². The van der Waals surface area contributed by atoms with Crippen LogP contribution in [0, 0.1) is 0 Å². The molecule has 0 saturated heterocycles. The summed E-state index contributed by atoms with van der Waals surface area (Å²) in [4.78, 5) is 3.88. The monoisotopic (exact) mass is 201 g/mol. The molecule has 15 heavy (non-hydrogen) atoms. The van der Waals surface area contributed by atoms with Gasteiger partial charge < -0.3 is 5.84 Å². The van der Waals surface area contributed by atoms with Crippen LogP contribution in [0.4, 0.5) is 0 Å². The summed E-state index contributed by atoms with van der Waals surface area (Å²) in [6.07, 6.45) is 3.15. The first-order chi connectivity index (χ1) is 7.31. The Labute approximate surface area is 87.3 Å². The fourth-order valence-corrected chi connectivity index (χ4v) is 1.27. The van der Waals surface area contributed by atoms with Crippen molar-refractivity contribution in [2.75, 3.05) is 0 Å². The maximum Gasteiger partial charge on any atom is 0.138 e. The largest absolute Gasteiger partial charge is 0.323 e. The third-order valence-corrected chi connectivity index (χ3v) is 2.16. The van der Waals surface area contributed by atoms with E-state index in [0.29, 0.717) is 0 Å². The minimum absolute atomic E-state index is 0.806. The summed E-state index contributed by atoms with van der Waals surface area (Å²) in [5.74, 6) is 5.20. The molecule has 1 aromatic heterocycles. The molecule has 1 heterocycles. The fourth-order valence-electron chi connectivity index (χ4n) is 1.27. The lowest BCUT2D eigenvalue weighted by molar-refractivity contribution is 0.879. The number of aromatic nitrogens is 3. The van der Waals surface area contributed by atoms with Crippen molar-refractivity contribution in [1.82, 2.24) is 14.8 Å². The topological polar surface area (TPSA) is 69.1 Å². The van der Waals surface area contributed by atoms with Gasteiger partial charge in [0.1, 0.15) is 12.7 Å². The third kappa shape index (κ3) is 1.85. The molecule has 5 heteroatoms. The first-order valence-corrected chi connectivity index (χ1v) is 4.51. The fraction of sp³-hybridized carbons (Fsp3) is 0.100. The van der Waals surface area contributed by atoms with E-state index in [1.54, 1.807) is 11.0 Å². The van der Waals surface area contributed by atoms with E-state index in [4.69, 9.17) is 5.84 Å². The zero-order valence-electron chi connectivity index (χ0n) is 8.33. The maximum atomic E-state index is 5.20. The van der Waals surface area contributed by atoms with E-state index >= 15 is 0 Å². The van der Waals surface area contributed by atoms with Crippen LogP contribution in [0.2, 0.25) is 0 Å². The number of nitrogens with zero attached hydrogens (tertiary/aromatic N) is 4. The SMILES string of the molecule is C/C(=N/N)c1ccc(-n2cncn2)cc1. The highest BCUT2D eigenvalue weighted by Gasteiger charge is 1.99. The summed E-state index contributed by atoms with van der Waals surface area (Å²) < 4.78 is 1.69. The molecule has 0 atom stereocenters. The van der Waals surface area contributed by atoms with Gasteiger partial charge >= 0.3 is 0 Å². The second-order valence-electron chi connectivity index (χ2n) is 3.10. The highest BCUT2D eigenvalue weighted by atomic mass is 15.3. The summed E-state index contributed by atoms with van der Waals surface area (Å²) in [5.41, 5.74) is 2.77. The number of hydrogen-bond acceptors (Lipinski definition) is 4. The van der Waals surface area contributed by atoms with Crippen molar-refractivity contribution in [2.24, 2.45) is 10.9 Å². The van der Waals surface area contributed by atoms with E-state index in [9.17, 15) is 0 Å². The van der Waals surface area contributed by atoms with Crippen LogP contribution in [0.1, 0.15) is 12.5 Å². The van der Waals surface area contributed by atoms with Crippen molar-refractivity contribution in [2.45, 2.75) is 6.92 Å². The molecule has 0 bridgehead atoms. The predicted molar refractivity (Wildman–Crippen MR) is 57.8 cm³/mol. The number of rotatable bonds is 2. The molecule has 0 aliphatic heterocycles. The quantitative estimate of drug-likeness (QED) is 0.447. The zero-order chi connectivity index (χ0) is 10.7. The van der Waals surface area contributed by atoms with Gasteiger partial charge in [0.25, 0.3) is 0 Å². The molecule has 2 rings (SSSR count). The van der Waals surface area contributed by atoms with Gasteiger partial charge in [0.05, 0.1) is 11.4 Å². The normalized spacial score (nSPS) is 11.7. The van der Waals surface area contributed by atoms with Gasteiger partial charge in [-0.05, 0) is 24.6 Å². The third-order valence-electron chi connectivity index (χ3n) is 2.16. The van der Waals surface area contributed by atoms with Gasteiger partial charge in [0.15, 0.2) is 0 Å². The molecule has 2 aromatic rings. The lowest BCUT2D eigenvalue weighted by Gasteiger charge is -2.02. The Morgan fingerprint density at radius 3 is 2.60 bits per heavy atom. The molecule has 0 spiro atoms. The molecule has 1 aromatic carbocycles. The molecular formula is C10H11N5. The predicted octanol–water partition coefficient (Wildman–Crippen LogP) is 0.950. The van der Waals surface area contributed by atoms with Crippen molar-refractivity contribution in [3.63, 3.8) is 0 Å². The average Bonchev–Trinajstić information content (AvgIpc) is 2.82.